The maximum atomic E-state index is 3.52. The fourth-order valence-electron chi connectivity index (χ4n) is 2.13. The normalized spacial score (nSPS) is 21.9. The smallest absolute Gasteiger partial charge is 0.00104 e. The molecule has 1 aliphatic carbocycles. The van der Waals surface area contributed by atoms with Crippen LogP contribution in [0, 0.1) is 11.3 Å². The van der Waals surface area contributed by atoms with E-state index in [1.807, 2.05) is 0 Å². The van der Waals surface area contributed by atoms with Crippen LogP contribution in [0.25, 0.3) is 0 Å². The zero-order valence-electron chi connectivity index (χ0n) is 9.69. The lowest BCUT2D eigenvalue weighted by Gasteiger charge is -2.20. The quantitative estimate of drug-likeness (QED) is 0.667. The van der Waals surface area contributed by atoms with E-state index in [9.17, 15) is 0 Å². The lowest BCUT2D eigenvalue weighted by Crippen LogP contribution is -2.28. The molecule has 13 heavy (non-hydrogen) atoms. The molecule has 0 saturated heterocycles. The highest BCUT2D eigenvalue weighted by atomic mass is 14.9. The maximum Gasteiger partial charge on any atom is 0.00104 e. The van der Waals surface area contributed by atoms with Crippen molar-refractivity contribution in [1.82, 2.24) is 5.32 Å². The average Bonchev–Trinajstić information content (AvgIpc) is 2.82. The Kier molecular flexibility index (Phi) is 3.78. The van der Waals surface area contributed by atoms with Gasteiger partial charge in [0.25, 0.3) is 0 Å². The van der Waals surface area contributed by atoms with Gasteiger partial charge in [0.15, 0.2) is 0 Å². The van der Waals surface area contributed by atoms with E-state index in [0.717, 1.165) is 11.3 Å². The zero-order valence-corrected chi connectivity index (χ0v) is 9.69. The van der Waals surface area contributed by atoms with Crippen LogP contribution in [-0.4, -0.2) is 12.6 Å². The first-order valence-electron chi connectivity index (χ1n) is 5.81. The van der Waals surface area contributed by atoms with Gasteiger partial charge in [-0.1, -0.05) is 34.1 Å². The summed E-state index contributed by atoms with van der Waals surface area (Å²) in [7, 11) is 0. The van der Waals surface area contributed by atoms with Crippen molar-refractivity contribution in [2.24, 2.45) is 11.3 Å². The van der Waals surface area contributed by atoms with E-state index in [4.69, 9.17) is 0 Å². The molecule has 0 radical (unpaired) electrons. The summed E-state index contributed by atoms with van der Waals surface area (Å²) in [6.45, 7) is 10.4. The molecule has 0 bridgehead atoms. The Labute approximate surface area is 83.3 Å². The van der Waals surface area contributed by atoms with Crippen LogP contribution in [0.2, 0.25) is 0 Å². The fourth-order valence-corrected chi connectivity index (χ4v) is 2.13. The van der Waals surface area contributed by atoms with Gasteiger partial charge in [-0.15, -0.1) is 0 Å². The molecule has 0 spiro atoms. The van der Waals surface area contributed by atoms with Crippen molar-refractivity contribution in [1.29, 1.82) is 0 Å². The summed E-state index contributed by atoms with van der Waals surface area (Å²) in [5.74, 6) is 0.852. The van der Waals surface area contributed by atoms with Gasteiger partial charge in [-0.2, -0.15) is 0 Å². The Hall–Kier alpha value is -0.0400. The predicted molar refractivity (Wildman–Crippen MR) is 58.9 cm³/mol. The molecule has 1 heteroatoms. The van der Waals surface area contributed by atoms with Crippen LogP contribution in [0.1, 0.15) is 53.4 Å². The Morgan fingerprint density at radius 3 is 2.23 bits per heavy atom. The summed E-state index contributed by atoms with van der Waals surface area (Å²) in [6, 6.07) is 0.638. The molecule has 0 heterocycles. The van der Waals surface area contributed by atoms with E-state index in [-0.39, 0.29) is 0 Å². The van der Waals surface area contributed by atoms with Crippen molar-refractivity contribution in [2.45, 2.75) is 59.4 Å². The van der Waals surface area contributed by atoms with Gasteiger partial charge in [0.2, 0.25) is 0 Å². The lowest BCUT2D eigenvalue weighted by atomic mass is 9.91. The van der Waals surface area contributed by atoms with Crippen LogP contribution in [0.3, 0.4) is 0 Å². The molecule has 0 aromatic rings. The third-order valence-corrected chi connectivity index (χ3v) is 3.36. The third kappa shape index (κ3) is 3.68. The summed E-state index contributed by atoms with van der Waals surface area (Å²) in [4.78, 5) is 0. The summed E-state index contributed by atoms with van der Waals surface area (Å²) < 4.78 is 0. The molecule has 1 rings (SSSR count). The Morgan fingerprint density at radius 1 is 1.23 bits per heavy atom. The molecule has 78 valence electrons. The van der Waals surface area contributed by atoms with Crippen molar-refractivity contribution in [3.8, 4) is 0 Å². The summed E-state index contributed by atoms with van der Waals surface area (Å²) in [6.07, 6.45) is 5.78. The highest BCUT2D eigenvalue weighted by Gasteiger charge is 2.41. The van der Waals surface area contributed by atoms with Gasteiger partial charge in [-0.05, 0) is 37.1 Å². The standard InChI is InChI=1S/C12H25N/c1-5-12(6-7-12)8-11(4)9-13-10(2)3/h10-11,13H,5-9H2,1-4H3. The average molecular weight is 183 g/mol. The first-order valence-corrected chi connectivity index (χ1v) is 5.81. The number of nitrogens with one attached hydrogen (secondary N) is 1. The molecule has 0 amide bonds. The summed E-state index contributed by atoms with van der Waals surface area (Å²) >= 11 is 0. The minimum absolute atomic E-state index is 0.638. The highest BCUT2D eigenvalue weighted by molar-refractivity contribution is 4.92. The van der Waals surface area contributed by atoms with Crippen LogP contribution in [-0.2, 0) is 0 Å². The molecular weight excluding hydrogens is 158 g/mol. The highest BCUT2D eigenvalue weighted by Crippen LogP contribution is 2.53. The molecule has 0 aromatic heterocycles. The second-order valence-electron chi connectivity index (χ2n) is 5.23. The van der Waals surface area contributed by atoms with E-state index >= 15 is 0 Å². The van der Waals surface area contributed by atoms with Crippen LogP contribution >= 0.6 is 0 Å². The topological polar surface area (TPSA) is 12.0 Å². The number of hydrogen-bond acceptors (Lipinski definition) is 1. The summed E-state index contributed by atoms with van der Waals surface area (Å²) in [5.41, 5.74) is 0.762. The van der Waals surface area contributed by atoms with Crippen LogP contribution in [0.5, 0.6) is 0 Å². The van der Waals surface area contributed by atoms with Gasteiger partial charge >= 0.3 is 0 Å². The molecule has 1 unspecified atom stereocenters. The van der Waals surface area contributed by atoms with E-state index in [2.05, 4.69) is 33.0 Å². The minimum atomic E-state index is 0.638. The first-order chi connectivity index (χ1) is 6.08. The SMILES string of the molecule is CCC1(CC(C)CNC(C)C)CC1. The van der Waals surface area contributed by atoms with Crippen molar-refractivity contribution in [2.75, 3.05) is 6.54 Å². The Balaban J connectivity index is 2.14. The molecule has 0 aliphatic heterocycles. The van der Waals surface area contributed by atoms with Crippen LogP contribution in [0.15, 0.2) is 0 Å². The van der Waals surface area contributed by atoms with Crippen molar-refractivity contribution >= 4 is 0 Å². The lowest BCUT2D eigenvalue weighted by molar-refractivity contribution is 0.341. The molecule has 1 N–H and O–H groups in total. The molecule has 1 aliphatic rings. The number of hydrogen-bond donors (Lipinski definition) is 1. The molecular formula is C12H25N. The molecule has 1 nitrogen and oxygen atoms in total. The van der Waals surface area contributed by atoms with Gasteiger partial charge in [0.05, 0.1) is 0 Å². The maximum absolute atomic E-state index is 3.52. The Morgan fingerprint density at radius 2 is 1.85 bits per heavy atom. The monoisotopic (exact) mass is 183 g/mol. The predicted octanol–water partition coefficient (Wildman–Crippen LogP) is 3.20. The third-order valence-electron chi connectivity index (χ3n) is 3.36. The van der Waals surface area contributed by atoms with Gasteiger partial charge < -0.3 is 5.32 Å². The molecule has 1 fully saturated rings. The zero-order chi connectivity index (χ0) is 9.90. The van der Waals surface area contributed by atoms with Crippen LogP contribution in [0.4, 0.5) is 0 Å². The minimum Gasteiger partial charge on any atom is -0.314 e. The molecule has 1 saturated carbocycles. The van der Waals surface area contributed by atoms with E-state index < -0.39 is 0 Å². The van der Waals surface area contributed by atoms with Gasteiger partial charge in [-0.3, -0.25) is 0 Å². The molecule has 0 aromatic carbocycles. The van der Waals surface area contributed by atoms with Gasteiger partial charge in [0, 0.05) is 6.04 Å². The first kappa shape index (κ1) is 11.0. The van der Waals surface area contributed by atoms with E-state index in [1.54, 1.807) is 0 Å². The van der Waals surface area contributed by atoms with Gasteiger partial charge in [0.1, 0.15) is 0 Å². The van der Waals surface area contributed by atoms with Crippen molar-refractivity contribution in [3.05, 3.63) is 0 Å². The number of rotatable bonds is 6. The van der Waals surface area contributed by atoms with Crippen molar-refractivity contribution < 1.29 is 0 Å². The fraction of sp³-hybridized carbons (Fsp3) is 1.00. The van der Waals surface area contributed by atoms with E-state index in [1.165, 1.54) is 32.2 Å². The Bertz CT molecular complexity index is 147. The van der Waals surface area contributed by atoms with Gasteiger partial charge in [-0.25, -0.2) is 0 Å². The van der Waals surface area contributed by atoms with Crippen LogP contribution < -0.4 is 5.32 Å². The second-order valence-corrected chi connectivity index (χ2v) is 5.23. The summed E-state index contributed by atoms with van der Waals surface area (Å²) in [5, 5.41) is 3.52. The largest absolute Gasteiger partial charge is 0.314 e. The van der Waals surface area contributed by atoms with E-state index in [0.29, 0.717) is 6.04 Å². The molecule has 1 atom stereocenters. The van der Waals surface area contributed by atoms with Crippen molar-refractivity contribution in [3.63, 3.8) is 0 Å². The second kappa shape index (κ2) is 4.45.